The molecule has 2 aromatic rings. The summed E-state index contributed by atoms with van der Waals surface area (Å²) in [5, 5.41) is 0. The first-order valence-electron chi connectivity index (χ1n) is 8.58. The third-order valence-corrected chi connectivity index (χ3v) is 4.36. The van der Waals surface area contributed by atoms with Gasteiger partial charge in [-0.25, -0.2) is 4.98 Å². The molecule has 0 saturated carbocycles. The first-order valence-corrected chi connectivity index (χ1v) is 8.58. The van der Waals surface area contributed by atoms with E-state index in [0.717, 1.165) is 25.9 Å². The molecule has 4 heterocycles. The molecule has 0 amide bonds. The van der Waals surface area contributed by atoms with Crippen LogP contribution in [0.3, 0.4) is 0 Å². The zero-order valence-corrected chi connectivity index (χ0v) is 14.5. The molecule has 2 saturated heterocycles. The van der Waals surface area contributed by atoms with Crippen molar-refractivity contribution in [2.75, 3.05) is 25.6 Å². The van der Waals surface area contributed by atoms with Gasteiger partial charge in [0, 0.05) is 6.61 Å². The van der Waals surface area contributed by atoms with Crippen LogP contribution in [0.25, 0.3) is 11.2 Å². The first-order chi connectivity index (χ1) is 12.0. The lowest BCUT2D eigenvalue weighted by Gasteiger charge is -2.23. The molecule has 25 heavy (non-hydrogen) atoms. The van der Waals surface area contributed by atoms with Gasteiger partial charge in [-0.2, -0.15) is 9.97 Å². The lowest BCUT2D eigenvalue weighted by molar-refractivity contribution is -0.141. The maximum absolute atomic E-state index is 6.02. The van der Waals surface area contributed by atoms with E-state index in [2.05, 4.69) is 15.0 Å². The van der Waals surface area contributed by atoms with Gasteiger partial charge in [0.1, 0.15) is 18.9 Å². The summed E-state index contributed by atoms with van der Waals surface area (Å²) in [4.78, 5) is 13.0. The highest BCUT2D eigenvalue weighted by Crippen LogP contribution is 2.28. The fourth-order valence-corrected chi connectivity index (χ4v) is 3.15. The van der Waals surface area contributed by atoms with Crippen LogP contribution in [-0.4, -0.2) is 51.2 Å². The third-order valence-electron chi connectivity index (χ3n) is 4.36. The van der Waals surface area contributed by atoms with Gasteiger partial charge < -0.3 is 24.7 Å². The van der Waals surface area contributed by atoms with Crippen LogP contribution in [0.15, 0.2) is 6.33 Å². The normalized spacial score (nSPS) is 26.2. The molecular weight excluding hydrogens is 326 g/mol. The Hall–Kier alpha value is -1.97. The van der Waals surface area contributed by atoms with Crippen LogP contribution in [0.4, 0.5) is 5.82 Å². The fourth-order valence-electron chi connectivity index (χ4n) is 3.15. The van der Waals surface area contributed by atoms with Gasteiger partial charge >= 0.3 is 6.01 Å². The van der Waals surface area contributed by atoms with Crippen LogP contribution in [0.5, 0.6) is 6.01 Å². The van der Waals surface area contributed by atoms with Gasteiger partial charge in [0.25, 0.3) is 0 Å². The number of nitrogens with two attached hydrogens (primary N) is 1. The molecule has 2 N–H and O–H groups in total. The summed E-state index contributed by atoms with van der Waals surface area (Å²) >= 11 is 0. The Balaban J connectivity index is 1.53. The van der Waals surface area contributed by atoms with Gasteiger partial charge in [0.05, 0.1) is 12.9 Å². The highest BCUT2D eigenvalue weighted by molar-refractivity contribution is 5.81. The number of hydrogen-bond donors (Lipinski definition) is 1. The number of nitrogens with zero attached hydrogens (tertiary/aromatic N) is 4. The van der Waals surface area contributed by atoms with E-state index in [1.807, 2.05) is 18.4 Å². The maximum atomic E-state index is 6.02. The molecule has 136 valence electrons. The number of nitrogen functional groups attached to an aromatic ring is 1. The summed E-state index contributed by atoms with van der Waals surface area (Å²) in [6.45, 7) is 5.25. The highest BCUT2D eigenvalue weighted by atomic mass is 16.7. The van der Waals surface area contributed by atoms with Crippen LogP contribution in [-0.2, 0) is 14.2 Å². The van der Waals surface area contributed by atoms with Gasteiger partial charge in [-0.1, -0.05) is 0 Å². The van der Waals surface area contributed by atoms with Crippen LogP contribution >= 0.6 is 0 Å². The number of hydrogen-bond acceptors (Lipinski definition) is 8. The van der Waals surface area contributed by atoms with Crippen LogP contribution in [0.2, 0.25) is 0 Å². The molecule has 0 aromatic carbocycles. The number of rotatable bonds is 4. The van der Waals surface area contributed by atoms with E-state index in [-0.39, 0.29) is 18.3 Å². The summed E-state index contributed by atoms with van der Waals surface area (Å²) < 4.78 is 24.7. The van der Waals surface area contributed by atoms with E-state index in [0.29, 0.717) is 30.2 Å². The van der Waals surface area contributed by atoms with Crippen molar-refractivity contribution in [2.45, 2.75) is 51.2 Å². The Morgan fingerprint density at radius 3 is 2.96 bits per heavy atom. The van der Waals surface area contributed by atoms with Crippen molar-refractivity contribution in [3.05, 3.63) is 6.33 Å². The monoisotopic (exact) mass is 349 g/mol. The van der Waals surface area contributed by atoms with Gasteiger partial charge in [-0.3, -0.25) is 4.57 Å². The van der Waals surface area contributed by atoms with Crippen LogP contribution in [0, 0.1) is 0 Å². The van der Waals surface area contributed by atoms with Crippen molar-refractivity contribution < 1.29 is 18.9 Å². The molecule has 2 aliphatic rings. The predicted molar refractivity (Wildman–Crippen MR) is 89.0 cm³/mol. The van der Waals surface area contributed by atoms with E-state index >= 15 is 0 Å². The predicted octanol–water partition coefficient (Wildman–Crippen LogP) is 1.64. The molecule has 2 aliphatic heterocycles. The minimum Gasteiger partial charge on any atom is -0.460 e. The molecular formula is C16H23N5O4. The molecule has 2 unspecified atom stereocenters. The first kappa shape index (κ1) is 16.5. The zero-order chi connectivity index (χ0) is 17.4. The number of imidazole rings is 1. The highest BCUT2D eigenvalue weighted by Gasteiger charge is 2.33. The molecule has 0 spiro atoms. The molecule has 9 nitrogen and oxygen atoms in total. The summed E-state index contributed by atoms with van der Waals surface area (Å²) in [6.07, 6.45) is 4.58. The number of fused-ring (bicyclic) bond motifs is 1. The number of anilines is 1. The Bertz CT molecular complexity index is 756. The summed E-state index contributed by atoms with van der Waals surface area (Å²) in [5.41, 5.74) is 7.20. The molecule has 0 radical (unpaired) electrons. The quantitative estimate of drug-likeness (QED) is 0.888. The zero-order valence-electron chi connectivity index (χ0n) is 14.5. The van der Waals surface area contributed by atoms with Crippen LogP contribution < -0.4 is 10.5 Å². The molecule has 0 bridgehead atoms. The lowest BCUT2D eigenvalue weighted by Crippen LogP contribution is -2.25. The van der Waals surface area contributed by atoms with E-state index in [1.54, 1.807) is 6.33 Å². The summed E-state index contributed by atoms with van der Waals surface area (Å²) in [7, 11) is 0. The van der Waals surface area contributed by atoms with Crippen LogP contribution in [0.1, 0.15) is 39.3 Å². The average Bonchev–Trinajstić information content (AvgIpc) is 3.17. The topological polar surface area (TPSA) is 107 Å². The lowest BCUT2D eigenvalue weighted by atomic mass is 10.2. The summed E-state index contributed by atoms with van der Waals surface area (Å²) in [5.74, 6) is -0.298. The number of ether oxygens (including phenoxy) is 4. The standard InChI is InChI=1S/C16H23N5O4/c1-16(2)24-8-10(25-16)7-23-15-19-13(17)12-14(20-15)21(9-18-12)11-5-3-4-6-22-11/h9-11H,3-8H2,1-2H3,(H2,17,19,20). The second-order valence-electron chi connectivity index (χ2n) is 6.80. The van der Waals surface area contributed by atoms with E-state index in [4.69, 9.17) is 24.7 Å². The van der Waals surface area contributed by atoms with Crippen molar-refractivity contribution in [2.24, 2.45) is 0 Å². The van der Waals surface area contributed by atoms with Crippen molar-refractivity contribution in [3.63, 3.8) is 0 Å². The van der Waals surface area contributed by atoms with Gasteiger partial charge in [-0.05, 0) is 33.1 Å². The Morgan fingerprint density at radius 2 is 2.24 bits per heavy atom. The van der Waals surface area contributed by atoms with Crippen molar-refractivity contribution in [3.8, 4) is 6.01 Å². The van der Waals surface area contributed by atoms with Crippen molar-refractivity contribution in [1.29, 1.82) is 0 Å². The SMILES string of the molecule is CC1(C)OCC(COc2nc(N)c3ncn(C4CCCCO4)c3n2)O1. The van der Waals surface area contributed by atoms with E-state index < -0.39 is 5.79 Å². The molecule has 4 rings (SSSR count). The van der Waals surface area contributed by atoms with E-state index in [9.17, 15) is 0 Å². The average molecular weight is 349 g/mol. The Kier molecular flexibility index (Phi) is 4.22. The van der Waals surface area contributed by atoms with Gasteiger partial charge in [0.2, 0.25) is 0 Å². The molecule has 2 aromatic heterocycles. The molecule has 2 atom stereocenters. The van der Waals surface area contributed by atoms with Gasteiger partial charge in [0.15, 0.2) is 22.8 Å². The molecule has 2 fully saturated rings. The smallest absolute Gasteiger partial charge is 0.320 e. The number of aromatic nitrogens is 4. The van der Waals surface area contributed by atoms with Gasteiger partial charge in [-0.15, -0.1) is 0 Å². The minimum absolute atomic E-state index is 0.0757. The molecule has 9 heteroatoms. The second kappa shape index (κ2) is 6.40. The maximum Gasteiger partial charge on any atom is 0.320 e. The summed E-state index contributed by atoms with van der Waals surface area (Å²) in [6, 6.07) is 0.205. The second-order valence-corrected chi connectivity index (χ2v) is 6.80. The van der Waals surface area contributed by atoms with Crippen molar-refractivity contribution in [1.82, 2.24) is 19.5 Å². The fraction of sp³-hybridized carbons (Fsp3) is 0.688. The van der Waals surface area contributed by atoms with E-state index in [1.165, 1.54) is 0 Å². The molecule has 0 aliphatic carbocycles. The third kappa shape index (κ3) is 3.39. The largest absolute Gasteiger partial charge is 0.460 e. The van der Waals surface area contributed by atoms with Crippen molar-refractivity contribution >= 4 is 17.0 Å². The minimum atomic E-state index is -0.588. The Labute approximate surface area is 145 Å². The Morgan fingerprint density at radius 1 is 1.36 bits per heavy atom.